The van der Waals surface area contributed by atoms with Crippen LogP contribution < -0.4 is 0 Å². The lowest BCUT2D eigenvalue weighted by molar-refractivity contribution is 0.00365. The number of aryl methyl sites for hydroxylation is 1. The van der Waals surface area contributed by atoms with Crippen molar-refractivity contribution >= 4 is 43.8 Å². The molecule has 10 heteroatoms. The summed E-state index contributed by atoms with van der Waals surface area (Å²) >= 11 is 0. The fourth-order valence-corrected chi connectivity index (χ4v) is 5.83. The number of carbonyl (C=O) groups is 2. The van der Waals surface area contributed by atoms with Gasteiger partial charge in [0, 0.05) is 10.8 Å². The SMILES string of the molecule is COC(=O)c1cc2c3ccccc3n(S(=O)(=O)c3ccc(C)cc3)c2c(-c2ccc(C(=O)OC(C)(C)C)o2)n1. The van der Waals surface area contributed by atoms with Crippen LogP contribution in [0.1, 0.15) is 47.4 Å². The molecule has 0 saturated heterocycles. The first-order chi connectivity index (χ1) is 18.4. The smallest absolute Gasteiger partial charge is 0.374 e. The second-order valence-electron chi connectivity index (χ2n) is 10.0. The van der Waals surface area contributed by atoms with Crippen LogP contribution in [0.4, 0.5) is 0 Å². The molecule has 39 heavy (non-hydrogen) atoms. The predicted octanol–water partition coefficient (Wildman–Crippen LogP) is 5.74. The third-order valence-corrected chi connectivity index (χ3v) is 7.73. The number of methoxy groups -OCH3 is 1. The summed E-state index contributed by atoms with van der Waals surface area (Å²) < 4.78 is 45.6. The first kappa shape index (κ1) is 26.2. The molecule has 0 spiro atoms. The van der Waals surface area contributed by atoms with Gasteiger partial charge in [0.15, 0.2) is 5.76 Å². The normalized spacial score (nSPS) is 12.1. The quantitative estimate of drug-likeness (QED) is 0.256. The minimum absolute atomic E-state index is 0.0501. The Balaban J connectivity index is 1.85. The molecule has 2 aromatic carbocycles. The number of carbonyl (C=O) groups excluding carboxylic acids is 2. The molecular formula is C29H26N2O7S. The number of rotatable bonds is 5. The second-order valence-corrected chi connectivity index (χ2v) is 11.8. The number of esters is 2. The molecule has 5 aromatic rings. The number of furan rings is 1. The van der Waals surface area contributed by atoms with Crippen LogP contribution in [0.5, 0.6) is 0 Å². The van der Waals surface area contributed by atoms with Crippen molar-refractivity contribution in [1.82, 2.24) is 8.96 Å². The number of benzene rings is 2. The summed E-state index contributed by atoms with van der Waals surface area (Å²) in [4.78, 5) is 29.8. The van der Waals surface area contributed by atoms with E-state index in [1.165, 1.54) is 41.4 Å². The first-order valence-corrected chi connectivity index (χ1v) is 13.5. The minimum atomic E-state index is -4.14. The van der Waals surface area contributed by atoms with Crippen LogP contribution in [0.2, 0.25) is 0 Å². The lowest BCUT2D eigenvalue weighted by atomic mass is 10.1. The van der Waals surface area contributed by atoms with Crippen molar-refractivity contribution < 1.29 is 31.9 Å². The van der Waals surface area contributed by atoms with Gasteiger partial charge in [-0.25, -0.2) is 27.0 Å². The van der Waals surface area contributed by atoms with E-state index in [-0.39, 0.29) is 33.3 Å². The highest BCUT2D eigenvalue weighted by Gasteiger charge is 2.29. The van der Waals surface area contributed by atoms with Crippen LogP contribution in [-0.4, -0.2) is 42.0 Å². The van der Waals surface area contributed by atoms with E-state index >= 15 is 0 Å². The molecule has 9 nitrogen and oxygen atoms in total. The molecule has 0 fully saturated rings. The zero-order valence-electron chi connectivity index (χ0n) is 22.0. The van der Waals surface area contributed by atoms with Gasteiger partial charge in [-0.05, 0) is 64.1 Å². The molecular weight excluding hydrogens is 520 g/mol. The molecule has 3 aromatic heterocycles. The van der Waals surface area contributed by atoms with Gasteiger partial charge in [-0.2, -0.15) is 0 Å². The number of para-hydroxylation sites is 1. The standard InChI is InChI=1S/C29H26N2O7S/c1-17-10-12-18(13-11-17)39(34,35)31-22-9-7-6-8-19(22)20-16-21(27(32)36-5)30-25(26(20)31)23-14-15-24(37-23)28(33)38-29(2,3)4/h6-16H,1-5H3. The van der Waals surface area contributed by atoms with Crippen molar-refractivity contribution in [1.29, 1.82) is 0 Å². The van der Waals surface area contributed by atoms with E-state index in [9.17, 15) is 18.0 Å². The molecule has 0 atom stereocenters. The highest BCUT2D eigenvalue weighted by atomic mass is 32.2. The van der Waals surface area contributed by atoms with E-state index in [0.29, 0.717) is 16.3 Å². The van der Waals surface area contributed by atoms with Crippen LogP contribution in [0.25, 0.3) is 33.3 Å². The van der Waals surface area contributed by atoms with Gasteiger partial charge in [0.1, 0.15) is 17.0 Å². The summed E-state index contributed by atoms with van der Waals surface area (Å²) in [5, 5.41) is 1.03. The maximum atomic E-state index is 14.1. The Morgan fingerprint density at radius 2 is 1.62 bits per heavy atom. The van der Waals surface area contributed by atoms with Gasteiger partial charge in [0.25, 0.3) is 10.0 Å². The lowest BCUT2D eigenvalue weighted by Crippen LogP contribution is -2.23. The highest BCUT2D eigenvalue weighted by Crippen LogP contribution is 2.38. The van der Waals surface area contributed by atoms with Gasteiger partial charge in [0.2, 0.25) is 5.76 Å². The van der Waals surface area contributed by atoms with Gasteiger partial charge in [-0.1, -0.05) is 35.9 Å². The van der Waals surface area contributed by atoms with Gasteiger partial charge in [-0.15, -0.1) is 0 Å². The highest BCUT2D eigenvalue weighted by molar-refractivity contribution is 7.90. The molecule has 0 aliphatic carbocycles. The van der Waals surface area contributed by atoms with E-state index in [1.807, 2.05) is 6.92 Å². The third-order valence-electron chi connectivity index (χ3n) is 6.00. The Morgan fingerprint density at radius 1 is 0.923 bits per heavy atom. The second kappa shape index (κ2) is 9.39. The summed E-state index contributed by atoms with van der Waals surface area (Å²) in [6.07, 6.45) is 0. The predicted molar refractivity (Wildman–Crippen MR) is 145 cm³/mol. The van der Waals surface area contributed by atoms with Crippen LogP contribution in [0.15, 0.2) is 76.0 Å². The number of hydrogen-bond acceptors (Lipinski definition) is 8. The van der Waals surface area contributed by atoms with Crippen molar-refractivity contribution in [2.75, 3.05) is 7.11 Å². The molecule has 0 saturated carbocycles. The molecule has 200 valence electrons. The molecule has 3 heterocycles. The van der Waals surface area contributed by atoms with Crippen LogP contribution in [0, 0.1) is 6.92 Å². The van der Waals surface area contributed by atoms with Crippen LogP contribution >= 0.6 is 0 Å². The molecule has 0 radical (unpaired) electrons. The number of pyridine rings is 1. The van der Waals surface area contributed by atoms with Gasteiger partial charge < -0.3 is 13.9 Å². The van der Waals surface area contributed by atoms with Crippen molar-refractivity contribution in [2.45, 2.75) is 38.2 Å². The average Bonchev–Trinajstić information content (AvgIpc) is 3.51. The van der Waals surface area contributed by atoms with Crippen LogP contribution in [0.3, 0.4) is 0 Å². The van der Waals surface area contributed by atoms with Crippen molar-refractivity contribution in [3.05, 3.63) is 83.7 Å². The minimum Gasteiger partial charge on any atom is -0.464 e. The van der Waals surface area contributed by atoms with Crippen molar-refractivity contribution in [3.8, 4) is 11.5 Å². The molecule has 0 unspecified atom stereocenters. The summed E-state index contributed by atoms with van der Waals surface area (Å²) in [6.45, 7) is 7.06. The summed E-state index contributed by atoms with van der Waals surface area (Å²) in [6, 6.07) is 17.8. The average molecular weight is 547 g/mol. The zero-order chi connectivity index (χ0) is 28.1. The Labute approximate surface area is 225 Å². The third kappa shape index (κ3) is 4.67. The number of aromatic nitrogens is 2. The molecule has 5 rings (SSSR count). The molecule has 0 bridgehead atoms. The summed E-state index contributed by atoms with van der Waals surface area (Å²) in [5.74, 6) is -1.42. The van der Waals surface area contributed by atoms with E-state index in [0.717, 1.165) is 5.56 Å². The molecule has 0 aliphatic heterocycles. The van der Waals surface area contributed by atoms with Crippen molar-refractivity contribution in [2.24, 2.45) is 0 Å². The fraction of sp³-hybridized carbons (Fsp3) is 0.207. The fourth-order valence-electron chi connectivity index (χ4n) is 4.30. The Morgan fingerprint density at radius 3 is 2.28 bits per heavy atom. The van der Waals surface area contributed by atoms with E-state index in [1.54, 1.807) is 57.2 Å². The Bertz CT molecular complexity index is 1860. The molecule has 0 N–H and O–H groups in total. The number of nitrogens with zero attached hydrogens (tertiary/aromatic N) is 2. The van der Waals surface area contributed by atoms with E-state index in [4.69, 9.17) is 13.9 Å². The first-order valence-electron chi connectivity index (χ1n) is 12.1. The molecule has 0 amide bonds. The monoisotopic (exact) mass is 546 g/mol. The Kier molecular flexibility index (Phi) is 6.30. The zero-order valence-corrected chi connectivity index (χ0v) is 22.8. The van der Waals surface area contributed by atoms with E-state index < -0.39 is 27.6 Å². The largest absolute Gasteiger partial charge is 0.464 e. The van der Waals surface area contributed by atoms with E-state index in [2.05, 4.69) is 4.98 Å². The lowest BCUT2D eigenvalue weighted by Gasteiger charge is -2.18. The maximum absolute atomic E-state index is 14.1. The number of hydrogen-bond donors (Lipinski definition) is 0. The summed E-state index contributed by atoms with van der Waals surface area (Å²) in [7, 11) is -2.91. The van der Waals surface area contributed by atoms with Gasteiger partial charge in [-0.3, -0.25) is 0 Å². The van der Waals surface area contributed by atoms with Gasteiger partial charge in [0.05, 0.1) is 23.0 Å². The Hall–Kier alpha value is -4.44. The van der Waals surface area contributed by atoms with Crippen LogP contribution in [-0.2, 0) is 19.5 Å². The number of ether oxygens (including phenoxy) is 2. The molecule has 0 aliphatic rings. The van der Waals surface area contributed by atoms with Crippen molar-refractivity contribution in [3.63, 3.8) is 0 Å². The number of fused-ring (bicyclic) bond motifs is 3. The summed E-state index contributed by atoms with van der Waals surface area (Å²) in [5.41, 5.74) is 0.730. The maximum Gasteiger partial charge on any atom is 0.374 e. The topological polar surface area (TPSA) is 118 Å². The van der Waals surface area contributed by atoms with Gasteiger partial charge >= 0.3 is 11.9 Å².